The minimum Gasteiger partial charge on any atom is -0.483 e. The molecule has 40 heavy (non-hydrogen) atoms. The van der Waals surface area contributed by atoms with Crippen LogP contribution in [0.4, 0.5) is 5.69 Å². The number of rotatable bonds is 5. The molecule has 0 bridgehead atoms. The zero-order valence-electron chi connectivity index (χ0n) is 23.5. The molecule has 0 atom stereocenters. The van der Waals surface area contributed by atoms with Gasteiger partial charge in [-0.1, -0.05) is 67.4 Å². The van der Waals surface area contributed by atoms with Gasteiger partial charge in [-0.3, -0.25) is 14.4 Å². The minimum atomic E-state index is -0.562. The largest absolute Gasteiger partial charge is 0.483 e. The second-order valence-corrected chi connectivity index (χ2v) is 13.9. The third kappa shape index (κ3) is 5.51. The zero-order valence-corrected chi connectivity index (χ0v) is 25.8. The van der Waals surface area contributed by atoms with Crippen molar-refractivity contribution < 1.29 is 19.1 Å². The molecule has 5 rings (SSSR count). The van der Waals surface area contributed by atoms with Gasteiger partial charge in [0.15, 0.2) is 18.2 Å². The van der Waals surface area contributed by atoms with E-state index in [0.29, 0.717) is 46.0 Å². The summed E-state index contributed by atoms with van der Waals surface area (Å²) in [5, 5.41) is 3.21. The maximum Gasteiger partial charge on any atom is 0.262 e. The molecule has 6 nitrogen and oxygen atoms in total. The van der Waals surface area contributed by atoms with E-state index in [0.717, 1.165) is 28.7 Å². The smallest absolute Gasteiger partial charge is 0.262 e. The summed E-state index contributed by atoms with van der Waals surface area (Å²) in [6, 6.07) is 12.5. The molecule has 1 aliphatic heterocycles. The van der Waals surface area contributed by atoms with Crippen molar-refractivity contribution in [1.29, 1.82) is 0 Å². The summed E-state index contributed by atoms with van der Waals surface area (Å²) in [5.41, 5.74) is 4.10. The number of Topliss-reactive ketones (excluding diaryl/α,β-unsaturated/α-hetero) is 2. The molecule has 1 N–H and O–H groups in total. The van der Waals surface area contributed by atoms with Crippen molar-refractivity contribution in [3.8, 4) is 5.75 Å². The quantitative estimate of drug-likeness (QED) is 0.374. The number of carbonyl (C=O) groups excluding carboxylic acids is 3. The van der Waals surface area contributed by atoms with Crippen LogP contribution in [0.2, 0.25) is 5.02 Å². The first-order chi connectivity index (χ1) is 18.8. The third-order valence-electron chi connectivity index (χ3n) is 7.97. The number of hydrogen-bond acceptors (Lipinski definition) is 5. The molecule has 0 fully saturated rings. The lowest BCUT2D eigenvalue weighted by Crippen LogP contribution is -2.43. The van der Waals surface area contributed by atoms with Gasteiger partial charge in [0.1, 0.15) is 5.75 Å². The third-order valence-corrected chi connectivity index (χ3v) is 8.79. The van der Waals surface area contributed by atoms with Gasteiger partial charge in [0.05, 0.1) is 10.7 Å². The number of anilines is 1. The van der Waals surface area contributed by atoms with Crippen molar-refractivity contribution in [2.75, 3.05) is 19.0 Å². The van der Waals surface area contributed by atoms with Crippen LogP contribution in [0.15, 0.2) is 69.5 Å². The van der Waals surface area contributed by atoms with E-state index >= 15 is 0 Å². The van der Waals surface area contributed by atoms with Gasteiger partial charge in [-0.15, -0.1) is 0 Å². The van der Waals surface area contributed by atoms with Crippen LogP contribution in [0.3, 0.4) is 0 Å². The van der Waals surface area contributed by atoms with E-state index in [1.165, 1.54) is 0 Å². The van der Waals surface area contributed by atoms with Crippen molar-refractivity contribution >= 4 is 50.7 Å². The van der Waals surface area contributed by atoms with Crippen molar-refractivity contribution in [1.82, 2.24) is 4.90 Å². The van der Waals surface area contributed by atoms with E-state index in [4.69, 9.17) is 16.3 Å². The van der Waals surface area contributed by atoms with Crippen LogP contribution in [0, 0.1) is 10.8 Å². The maximum absolute atomic E-state index is 13.8. The summed E-state index contributed by atoms with van der Waals surface area (Å²) in [5.74, 6) is -0.367. The average molecular weight is 626 g/mol. The number of benzene rings is 2. The standard InChI is InChI=1S/C32H34BrClN2O4/c1-31(2)13-22-29(24(37)15-31)28(30-23(36(22)5)14-32(3,4)16-25(30)38)19-12-18(33)10-11-26(19)40-17-27(39)35-21-9-7-6-8-20(21)34/h6-12,28H,13-17H2,1-5H3,(H,35,39). The van der Waals surface area contributed by atoms with E-state index in [-0.39, 0.29) is 34.9 Å². The Morgan fingerprint density at radius 3 is 2.12 bits per heavy atom. The molecule has 0 radical (unpaired) electrons. The Kier molecular flexibility index (Phi) is 7.51. The van der Waals surface area contributed by atoms with E-state index < -0.39 is 5.92 Å². The van der Waals surface area contributed by atoms with Gasteiger partial charge >= 0.3 is 0 Å². The molecule has 0 saturated carbocycles. The normalized spacial score (nSPS) is 20.3. The minimum absolute atomic E-state index is 0.0506. The summed E-state index contributed by atoms with van der Waals surface area (Å²) in [7, 11) is 1.99. The van der Waals surface area contributed by atoms with Gasteiger partial charge in [-0.05, 0) is 54.0 Å². The monoisotopic (exact) mass is 624 g/mol. The number of nitrogens with zero attached hydrogens (tertiary/aromatic N) is 1. The Balaban J connectivity index is 1.58. The van der Waals surface area contributed by atoms with Gasteiger partial charge in [-0.2, -0.15) is 0 Å². The molecule has 2 aromatic carbocycles. The van der Waals surface area contributed by atoms with Gasteiger partial charge in [0, 0.05) is 58.4 Å². The highest BCUT2D eigenvalue weighted by molar-refractivity contribution is 9.10. The number of allylic oxidation sites excluding steroid dienone is 4. The Labute approximate surface area is 248 Å². The van der Waals surface area contributed by atoms with Gasteiger partial charge in [0.25, 0.3) is 5.91 Å². The number of ether oxygens (including phenoxy) is 1. The molecule has 8 heteroatoms. The lowest BCUT2D eigenvalue weighted by molar-refractivity contribution is -0.120. The van der Waals surface area contributed by atoms with E-state index in [9.17, 15) is 14.4 Å². The number of hydrogen-bond donors (Lipinski definition) is 1. The highest BCUT2D eigenvalue weighted by Crippen LogP contribution is 2.55. The fraction of sp³-hybridized carbons (Fsp3) is 0.406. The van der Waals surface area contributed by atoms with Crippen molar-refractivity contribution in [3.63, 3.8) is 0 Å². The van der Waals surface area contributed by atoms with Crippen LogP contribution >= 0.6 is 27.5 Å². The molecule has 1 amide bonds. The number of ketones is 2. The van der Waals surface area contributed by atoms with E-state index in [1.54, 1.807) is 30.3 Å². The fourth-order valence-electron chi connectivity index (χ4n) is 6.24. The summed E-state index contributed by atoms with van der Waals surface area (Å²) in [4.78, 5) is 42.6. The van der Waals surface area contributed by atoms with Gasteiger partial charge < -0.3 is 15.0 Å². The molecule has 0 spiro atoms. The first-order valence-electron chi connectivity index (χ1n) is 13.5. The van der Waals surface area contributed by atoms with Crippen LogP contribution in [0.5, 0.6) is 5.75 Å². The first kappa shape index (κ1) is 28.6. The average Bonchev–Trinajstić information content (AvgIpc) is 2.85. The summed E-state index contributed by atoms with van der Waals surface area (Å²) in [6.07, 6.45) is 2.28. The molecular formula is C32H34BrClN2O4. The lowest BCUT2D eigenvalue weighted by atomic mass is 9.63. The van der Waals surface area contributed by atoms with E-state index in [2.05, 4.69) is 53.8 Å². The molecular weight excluding hydrogens is 592 g/mol. The second kappa shape index (κ2) is 10.5. The summed E-state index contributed by atoms with van der Waals surface area (Å²) >= 11 is 9.79. The SMILES string of the molecule is CN1C2=C(C(=O)CC(C)(C)C2)C(c2cc(Br)ccc2OCC(=O)Nc2ccccc2Cl)C2=C1CC(C)(C)CC2=O. The number of amides is 1. The summed E-state index contributed by atoms with van der Waals surface area (Å²) in [6.45, 7) is 8.20. The molecule has 2 aromatic rings. The molecule has 210 valence electrons. The van der Waals surface area contributed by atoms with Crippen molar-refractivity contribution in [2.45, 2.75) is 59.3 Å². The summed E-state index contributed by atoms with van der Waals surface area (Å²) < 4.78 is 6.90. The lowest BCUT2D eigenvalue weighted by Gasteiger charge is -2.48. The molecule has 3 aliphatic rings. The fourth-order valence-corrected chi connectivity index (χ4v) is 6.81. The van der Waals surface area contributed by atoms with Gasteiger partial charge in [0.2, 0.25) is 0 Å². The predicted octanol–water partition coefficient (Wildman–Crippen LogP) is 7.44. The van der Waals surface area contributed by atoms with Gasteiger partial charge in [-0.25, -0.2) is 0 Å². The number of para-hydroxylation sites is 1. The molecule has 1 heterocycles. The topological polar surface area (TPSA) is 75.7 Å². The number of carbonyl (C=O) groups is 3. The molecule has 0 aromatic heterocycles. The van der Waals surface area contributed by atoms with Crippen molar-refractivity contribution in [2.24, 2.45) is 10.8 Å². The van der Waals surface area contributed by atoms with Crippen LogP contribution in [0.25, 0.3) is 0 Å². The first-order valence-corrected chi connectivity index (χ1v) is 14.7. The highest BCUT2D eigenvalue weighted by Gasteiger charge is 2.48. The highest BCUT2D eigenvalue weighted by atomic mass is 79.9. The Morgan fingerprint density at radius 1 is 0.975 bits per heavy atom. The Hall–Kier alpha value is -2.90. The molecule has 0 unspecified atom stereocenters. The second-order valence-electron chi connectivity index (χ2n) is 12.6. The maximum atomic E-state index is 13.8. The van der Waals surface area contributed by atoms with Crippen LogP contribution in [0.1, 0.15) is 64.9 Å². The molecule has 2 aliphatic carbocycles. The van der Waals surface area contributed by atoms with Crippen LogP contribution in [-0.4, -0.2) is 36.0 Å². The van der Waals surface area contributed by atoms with Crippen LogP contribution in [-0.2, 0) is 14.4 Å². The number of halogens is 2. The Morgan fingerprint density at radius 2 is 1.55 bits per heavy atom. The Bertz CT molecular complexity index is 1440. The predicted molar refractivity (Wildman–Crippen MR) is 160 cm³/mol. The number of nitrogens with one attached hydrogen (secondary N) is 1. The van der Waals surface area contributed by atoms with Crippen LogP contribution < -0.4 is 10.1 Å². The van der Waals surface area contributed by atoms with E-state index in [1.807, 2.05) is 19.2 Å². The molecule has 0 saturated heterocycles. The van der Waals surface area contributed by atoms with Crippen molar-refractivity contribution in [3.05, 3.63) is 80.1 Å². The zero-order chi connectivity index (χ0) is 29.0.